The Labute approximate surface area is 127 Å². The van der Waals surface area contributed by atoms with E-state index in [-0.39, 0.29) is 6.01 Å². The Bertz CT molecular complexity index is 551. The first kappa shape index (κ1) is 14.0. The van der Waals surface area contributed by atoms with Crippen molar-refractivity contribution in [2.75, 3.05) is 24.8 Å². The second-order valence-corrected chi connectivity index (χ2v) is 5.15. The fourth-order valence-electron chi connectivity index (χ4n) is 1.34. The van der Waals surface area contributed by atoms with E-state index in [1.165, 1.54) is 7.11 Å². The number of anilines is 3. The van der Waals surface area contributed by atoms with E-state index < -0.39 is 0 Å². The van der Waals surface area contributed by atoms with Gasteiger partial charge in [0.25, 0.3) is 0 Å². The molecule has 0 fully saturated rings. The zero-order valence-corrected chi connectivity index (χ0v) is 13.4. The molecule has 6 nitrogen and oxygen atoms in total. The topological polar surface area (TPSA) is 72.0 Å². The standard InChI is InChI=1S/C11H11Br2N5O/c1-14-9-16-10(18-11(17-9)19-2)15-8-6(12)4-3-5-7(8)13/h3-5H,1-2H3,(H2,14,15,16,17,18). The maximum absolute atomic E-state index is 5.03. The molecule has 19 heavy (non-hydrogen) atoms. The van der Waals surface area contributed by atoms with Gasteiger partial charge in [-0.25, -0.2) is 0 Å². The van der Waals surface area contributed by atoms with Crippen LogP contribution in [0.1, 0.15) is 0 Å². The van der Waals surface area contributed by atoms with E-state index in [1.54, 1.807) is 7.05 Å². The Morgan fingerprint density at radius 2 is 1.68 bits per heavy atom. The van der Waals surface area contributed by atoms with Gasteiger partial charge in [-0.3, -0.25) is 0 Å². The maximum atomic E-state index is 5.03. The van der Waals surface area contributed by atoms with Gasteiger partial charge in [-0.1, -0.05) is 6.07 Å². The van der Waals surface area contributed by atoms with Crippen molar-refractivity contribution < 1.29 is 4.74 Å². The molecule has 100 valence electrons. The third-order valence-electron chi connectivity index (χ3n) is 2.22. The smallest absolute Gasteiger partial charge is 0.322 e. The third kappa shape index (κ3) is 3.32. The molecule has 0 saturated heterocycles. The second kappa shape index (κ2) is 6.16. The number of nitrogens with one attached hydrogen (secondary N) is 2. The summed E-state index contributed by atoms with van der Waals surface area (Å²) >= 11 is 6.93. The lowest BCUT2D eigenvalue weighted by molar-refractivity contribution is 0.379. The van der Waals surface area contributed by atoms with Crippen LogP contribution < -0.4 is 15.4 Å². The summed E-state index contributed by atoms with van der Waals surface area (Å²) in [5, 5.41) is 5.97. The van der Waals surface area contributed by atoms with Crippen LogP contribution in [0.3, 0.4) is 0 Å². The van der Waals surface area contributed by atoms with Crippen molar-refractivity contribution >= 4 is 49.4 Å². The number of aromatic nitrogens is 3. The minimum atomic E-state index is 0.241. The Morgan fingerprint density at radius 3 is 2.26 bits per heavy atom. The molecule has 2 aromatic rings. The summed E-state index contributed by atoms with van der Waals surface area (Å²) in [7, 11) is 3.24. The van der Waals surface area contributed by atoms with Crippen LogP contribution in [0.15, 0.2) is 27.1 Å². The van der Waals surface area contributed by atoms with Crippen molar-refractivity contribution in [1.29, 1.82) is 0 Å². The zero-order chi connectivity index (χ0) is 13.8. The molecule has 8 heteroatoms. The van der Waals surface area contributed by atoms with Gasteiger partial charge in [0.05, 0.1) is 12.8 Å². The van der Waals surface area contributed by atoms with Crippen LogP contribution >= 0.6 is 31.9 Å². The number of rotatable bonds is 4. The molecule has 0 atom stereocenters. The van der Waals surface area contributed by atoms with Gasteiger partial charge in [0.2, 0.25) is 11.9 Å². The Balaban J connectivity index is 2.37. The molecule has 0 saturated carbocycles. The molecule has 2 rings (SSSR count). The van der Waals surface area contributed by atoms with Crippen LogP contribution in [-0.2, 0) is 0 Å². The van der Waals surface area contributed by atoms with Crippen LogP contribution in [0, 0.1) is 0 Å². The molecule has 0 amide bonds. The summed E-state index contributed by atoms with van der Waals surface area (Å²) in [5.41, 5.74) is 0.831. The van der Waals surface area contributed by atoms with Crippen LogP contribution in [0.5, 0.6) is 6.01 Å². The number of nitrogens with zero attached hydrogens (tertiary/aromatic N) is 3. The molecule has 0 bridgehead atoms. The zero-order valence-electron chi connectivity index (χ0n) is 10.2. The molecule has 1 aromatic heterocycles. The molecular weight excluding hydrogens is 378 g/mol. The van der Waals surface area contributed by atoms with Crippen molar-refractivity contribution in [1.82, 2.24) is 15.0 Å². The third-order valence-corrected chi connectivity index (χ3v) is 3.54. The summed E-state index contributed by atoms with van der Waals surface area (Å²) in [6.07, 6.45) is 0. The first-order valence-corrected chi connectivity index (χ1v) is 6.91. The number of halogens is 2. The quantitative estimate of drug-likeness (QED) is 0.837. The van der Waals surface area contributed by atoms with Crippen LogP contribution in [-0.4, -0.2) is 29.1 Å². The van der Waals surface area contributed by atoms with Gasteiger partial charge < -0.3 is 15.4 Å². The maximum Gasteiger partial charge on any atom is 0.322 e. The molecule has 0 aliphatic heterocycles. The average Bonchev–Trinajstić information content (AvgIpc) is 2.42. The van der Waals surface area contributed by atoms with Gasteiger partial charge in [0.15, 0.2) is 0 Å². The molecule has 0 aliphatic rings. The number of methoxy groups -OCH3 is 1. The Hall–Kier alpha value is -1.41. The highest BCUT2D eigenvalue weighted by molar-refractivity contribution is 9.11. The minimum absolute atomic E-state index is 0.241. The lowest BCUT2D eigenvalue weighted by Gasteiger charge is -2.10. The Morgan fingerprint density at radius 1 is 1.05 bits per heavy atom. The largest absolute Gasteiger partial charge is 0.467 e. The fourth-order valence-corrected chi connectivity index (χ4v) is 2.54. The predicted molar refractivity (Wildman–Crippen MR) is 81.1 cm³/mol. The molecule has 1 aromatic carbocycles. The highest BCUT2D eigenvalue weighted by Gasteiger charge is 2.10. The van der Waals surface area contributed by atoms with Gasteiger partial charge >= 0.3 is 6.01 Å². The van der Waals surface area contributed by atoms with Crippen LogP contribution in [0.25, 0.3) is 0 Å². The average molecular weight is 389 g/mol. The fraction of sp³-hybridized carbons (Fsp3) is 0.182. The normalized spacial score (nSPS) is 10.1. The van der Waals surface area contributed by atoms with Crippen LogP contribution in [0.2, 0.25) is 0 Å². The second-order valence-electron chi connectivity index (χ2n) is 3.44. The van der Waals surface area contributed by atoms with E-state index in [1.807, 2.05) is 18.2 Å². The number of hydrogen-bond donors (Lipinski definition) is 2. The van der Waals surface area contributed by atoms with E-state index in [9.17, 15) is 0 Å². The van der Waals surface area contributed by atoms with Gasteiger partial charge in [-0.2, -0.15) is 15.0 Å². The van der Waals surface area contributed by atoms with Crippen molar-refractivity contribution in [2.45, 2.75) is 0 Å². The van der Waals surface area contributed by atoms with Crippen molar-refractivity contribution in [3.8, 4) is 6.01 Å². The van der Waals surface area contributed by atoms with Crippen LogP contribution in [0.4, 0.5) is 17.6 Å². The first-order chi connectivity index (χ1) is 9.13. The molecule has 0 unspecified atom stereocenters. The molecule has 0 aliphatic carbocycles. The lowest BCUT2D eigenvalue weighted by Crippen LogP contribution is -2.06. The Kier molecular flexibility index (Phi) is 4.54. The van der Waals surface area contributed by atoms with Gasteiger partial charge in [0.1, 0.15) is 0 Å². The summed E-state index contributed by atoms with van der Waals surface area (Å²) in [6, 6.07) is 6.01. The summed E-state index contributed by atoms with van der Waals surface area (Å²) in [5.74, 6) is 0.821. The summed E-state index contributed by atoms with van der Waals surface area (Å²) in [4.78, 5) is 12.4. The number of para-hydroxylation sites is 1. The molecule has 2 N–H and O–H groups in total. The number of ether oxygens (including phenoxy) is 1. The number of benzene rings is 1. The predicted octanol–water partition coefficient (Wildman–Crippen LogP) is 3.19. The van der Waals surface area contributed by atoms with Gasteiger partial charge in [0, 0.05) is 16.0 Å². The minimum Gasteiger partial charge on any atom is -0.467 e. The lowest BCUT2D eigenvalue weighted by atomic mass is 10.3. The van der Waals surface area contributed by atoms with E-state index in [4.69, 9.17) is 4.74 Å². The van der Waals surface area contributed by atoms with E-state index in [2.05, 4.69) is 57.4 Å². The highest BCUT2D eigenvalue weighted by atomic mass is 79.9. The van der Waals surface area contributed by atoms with Crippen molar-refractivity contribution in [3.05, 3.63) is 27.1 Å². The SMILES string of the molecule is CNc1nc(Nc2c(Br)cccc2Br)nc(OC)n1. The highest BCUT2D eigenvalue weighted by Crippen LogP contribution is 2.32. The van der Waals surface area contributed by atoms with Gasteiger partial charge in [-0.15, -0.1) is 0 Å². The van der Waals surface area contributed by atoms with Crippen molar-refractivity contribution in [2.24, 2.45) is 0 Å². The molecule has 1 heterocycles. The molecule has 0 radical (unpaired) electrons. The van der Waals surface area contributed by atoms with Crippen molar-refractivity contribution in [3.63, 3.8) is 0 Å². The number of hydrogen-bond acceptors (Lipinski definition) is 6. The van der Waals surface area contributed by atoms with E-state index >= 15 is 0 Å². The molecular formula is C11H11Br2N5O. The monoisotopic (exact) mass is 387 g/mol. The first-order valence-electron chi connectivity index (χ1n) is 5.33. The molecule has 0 spiro atoms. The summed E-state index contributed by atoms with van der Waals surface area (Å²) < 4.78 is 6.82. The van der Waals surface area contributed by atoms with E-state index in [0.29, 0.717) is 11.9 Å². The summed E-state index contributed by atoms with van der Waals surface area (Å²) in [6.45, 7) is 0. The van der Waals surface area contributed by atoms with Gasteiger partial charge in [-0.05, 0) is 44.0 Å². The van der Waals surface area contributed by atoms with E-state index in [0.717, 1.165) is 14.6 Å².